The summed E-state index contributed by atoms with van der Waals surface area (Å²) in [6.45, 7) is 5.68. The Morgan fingerprint density at radius 3 is 1.77 bits per heavy atom. The summed E-state index contributed by atoms with van der Waals surface area (Å²) >= 11 is 0. The number of rotatable bonds is 10. The molecule has 2 saturated heterocycles. The number of piperidine rings is 1. The third-order valence-corrected chi connectivity index (χ3v) is 6.71. The van der Waals surface area contributed by atoms with E-state index in [-0.39, 0.29) is 12.2 Å². The monoisotopic (exact) mass is 423 g/mol. The van der Waals surface area contributed by atoms with Gasteiger partial charge in [0.15, 0.2) is 0 Å². The van der Waals surface area contributed by atoms with Crippen molar-refractivity contribution in [3.63, 3.8) is 0 Å². The molecule has 2 fully saturated rings. The van der Waals surface area contributed by atoms with Crippen molar-refractivity contribution in [3.8, 4) is 11.5 Å². The summed E-state index contributed by atoms with van der Waals surface area (Å²) in [5, 5.41) is 0. The Morgan fingerprint density at radius 2 is 1.29 bits per heavy atom. The van der Waals surface area contributed by atoms with Gasteiger partial charge in [0.2, 0.25) is 0 Å². The molecule has 2 bridgehead atoms. The lowest BCUT2D eigenvalue weighted by Crippen LogP contribution is -2.43. The van der Waals surface area contributed by atoms with Gasteiger partial charge in [0.25, 0.3) is 0 Å². The fourth-order valence-corrected chi connectivity index (χ4v) is 5.06. The van der Waals surface area contributed by atoms with Crippen LogP contribution < -0.4 is 9.47 Å². The normalized spacial score (nSPS) is 23.3. The van der Waals surface area contributed by atoms with Crippen molar-refractivity contribution >= 4 is 0 Å². The molecule has 2 aromatic carbocycles. The molecule has 0 saturated carbocycles. The van der Waals surface area contributed by atoms with E-state index < -0.39 is 0 Å². The minimum absolute atomic E-state index is 0.200. The highest BCUT2D eigenvalue weighted by Gasteiger charge is 2.40. The smallest absolute Gasteiger partial charge is 0.125 e. The van der Waals surface area contributed by atoms with Crippen LogP contribution in [0, 0.1) is 0 Å². The maximum Gasteiger partial charge on any atom is 0.125 e. The van der Waals surface area contributed by atoms with Gasteiger partial charge in [-0.25, -0.2) is 0 Å². The summed E-state index contributed by atoms with van der Waals surface area (Å²) in [5.74, 6) is 1.83. The molecule has 0 amide bonds. The van der Waals surface area contributed by atoms with Crippen molar-refractivity contribution in [2.75, 3.05) is 20.3 Å². The molecule has 4 heteroatoms. The van der Waals surface area contributed by atoms with Crippen LogP contribution in [0.2, 0.25) is 0 Å². The molecule has 31 heavy (non-hydrogen) atoms. The quantitative estimate of drug-likeness (QED) is 0.469. The molecule has 0 aliphatic carbocycles. The van der Waals surface area contributed by atoms with Crippen LogP contribution in [0.1, 0.15) is 69.6 Å². The lowest BCUT2D eigenvalue weighted by molar-refractivity contribution is -0.0440. The van der Waals surface area contributed by atoms with Crippen LogP contribution in [0.15, 0.2) is 48.5 Å². The first-order valence-corrected chi connectivity index (χ1v) is 12.0. The third kappa shape index (κ3) is 5.07. The number of hydrogen-bond donors (Lipinski definition) is 0. The van der Waals surface area contributed by atoms with Gasteiger partial charge in [0, 0.05) is 23.2 Å². The summed E-state index contributed by atoms with van der Waals surface area (Å²) in [5.41, 5.74) is 2.18. The zero-order valence-electron chi connectivity index (χ0n) is 19.3. The SMILES string of the molecule is CCCOc1ccccc1C(OC1C[C@H]2CC[C@@H](C1)N2C)c1ccccc1OCCC. The summed E-state index contributed by atoms with van der Waals surface area (Å²) in [6, 6.07) is 18.0. The molecular weight excluding hydrogens is 386 g/mol. The second-order valence-electron chi connectivity index (χ2n) is 8.93. The first kappa shape index (κ1) is 22.2. The number of benzene rings is 2. The molecule has 168 valence electrons. The zero-order chi connectivity index (χ0) is 21.6. The molecule has 0 spiro atoms. The Hall–Kier alpha value is -2.04. The van der Waals surface area contributed by atoms with Gasteiger partial charge in [-0.1, -0.05) is 50.2 Å². The van der Waals surface area contributed by atoms with E-state index in [0.717, 1.165) is 48.3 Å². The maximum absolute atomic E-state index is 6.95. The molecule has 0 aromatic heterocycles. The van der Waals surface area contributed by atoms with Crippen molar-refractivity contribution in [1.82, 2.24) is 4.90 Å². The van der Waals surface area contributed by atoms with Crippen LogP contribution in [0.5, 0.6) is 11.5 Å². The number of nitrogens with zero attached hydrogens (tertiary/aromatic N) is 1. The third-order valence-electron chi connectivity index (χ3n) is 6.71. The van der Waals surface area contributed by atoms with Crippen molar-refractivity contribution < 1.29 is 14.2 Å². The van der Waals surface area contributed by atoms with E-state index in [1.165, 1.54) is 12.8 Å². The second kappa shape index (κ2) is 10.5. The Bertz CT molecular complexity index is 773. The van der Waals surface area contributed by atoms with E-state index in [1.807, 2.05) is 12.1 Å². The highest BCUT2D eigenvalue weighted by molar-refractivity contribution is 5.45. The van der Waals surface area contributed by atoms with Gasteiger partial charge in [0.05, 0.1) is 19.3 Å². The van der Waals surface area contributed by atoms with Gasteiger partial charge in [-0.2, -0.15) is 0 Å². The van der Waals surface area contributed by atoms with E-state index in [0.29, 0.717) is 25.3 Å². The minimum atomic E-state index is -0.200. The minimum Gasteiger partial charge on any atom is -0.493 e. The molecule has 0 N–H and O–H groups in total. The second-order valence-corrected chi connectivity index (χ2v) is 8.93. The molecule has 4 rings (SSSR count). The maximum atomic E-state index is 6.95. The van der Waals surface area contributed by atoms with Crippen molar-refractivity contribution in [2.24, 2.45) is 0 Å². The molecule has 2 aromatic rings. The first-order valence-electron chi connectivity index (χ1n) is 12.0. The Balaban J connectivity index is 1.67. The summed E-state index contributed by atoms with van der Waals surface area (Å²) in [4.78, 5) is 2.56. The fraction of sp³-hybridized carbons (Fsp3) is 0.556. The lowest BCUT2D eigenvalue weighted by atomic mass is 9.96. The van der Waals surface area contributed by atoms with Crippen molar-refractivity contribution in [2.45, 2.75) is 76.7 Å². The Kier molecular flexibility index (Phi) is 7.52. The van der Waals surface area contributed by atoms with Gasteiger partial charge in [-0.15, -0.1) is 0 Å². The largest absolute Gasteiger partial charge is 0.493 e. The molecule has 2 aliphatic heterocycles. The first-order chi connectivity index (χ1) is 15.2. The van der Waals surface area contributed by atoms with E-state index in [9.17, 15) is 0 Å². The van der Waals surface area contributed by atoms with Gasteiger partial charge >= 0.3 is 0 Å². The standard InChI is InChI=1S/C27H37NO3/c1-4-16-29-25-12-8-6-10-23(25)27(24-11-7-9-13-26(24)30-17-5-2)31-22-18-20-14-15-21(19-22)28(20)3/h6-13,20-22,27H,4-5,14-19H2,1-3H3/t20-,21+,22?. The predicted molar refractivity (Wildman–Crippen MR) is 125 cm³/mol. The predicted octanol–water partition coefficient (Wildman–Crippen LogP) is 6.00. The average molecular weight is 424 g/mol. The molecule has 2 heterocycles. The number of hydrogen-bond acceptors (Lipinski definition) is 4. The van der Waals surface area contributed by atoms with E-state index in [4.69, 9.17) is 14.2 Å². The number of ether oxygens (including phenoxy) is 3. The zero-order valence-corrected chi connectivity index (χ0v) is 19.3. The van der Waals surface area contributed by atoms with Gasteiger partial charge < -0.3 is 19.1 Å². The van der Waals surface area contributed by atoms with Crippen LogP contribution in [0.3, 0.4) is 0 Å². The number of fused-ring (bicyclic) bond motifs is 2. The molecule has 3 atom stereocenters. The molecule has 1 unspecified atom stereocenters. The van der Waals surface area contributed by atoms with E-state index in [1.54, 1.807) is 0 Å². The van der Waals surface area contributed by atoms with E-state index >= 15 is 0 Å². The Morgan fingerprint density at radius 1 is 0.806 bits per heavy atom. The highest BCUT2D eigenvalue weighted by Crippen LogP contribution is 2.42. The number of para-hydroxylation sites is 2. The van der Waals surface area contributed by atoms with Crippen molar-refractivity contribution in [3.05, 3.63) is 59.7 Å². The molecule has 0 radical (unpaired) electrons. The lowest BCUT2D eigenvalue weighted by Gasteiger charge is -2.38. The van der Waals surface area contributed by atoms with Gasteiger partial charge in [0.1, 0.15) is 17.6 Å². The molecular formula is C27H37NO3. The molecule has 2 aliphatic rings. The van der Waals surface area contributed by atoms with Crippen LogP contribution in [-0.4, -0.2) is 43.3 Å². The van der Waals surface area contributed by atoms with Crippen LogP contribution >= 0.6 is 0 Å². The average Bonchev–Trinajstić information content (AvgIpc) is 3.00. The van der Waals surface area contributed by atoms with Gasteiger partial charge in [-0.05, 0) is 57.7 Å². The van der Waals surface area contributed by atoms with E-state index in [2.05, 4.69) is 62.2 Å². The van der Waals surface area contributed by atoms with Gasteiger partial charge in [-0.3, -0.25) is 0 Å². The Labute approximate surface area is 187 Å². The van der Waals surface area contributed by atoms with Crippen LogP contribution in [-0.2, 0) is 4.74 Å². The summed E-state index contributed by atoms with van der Waals surface area (Å²) < 4.78 is 19.2. The molecule has 4 nitrogen and oxygen atoms in total. The van der Waals surface area contributed by atoms with Crippen LogP contribution in [0.25, 0.3) is 0 Å². The highest BCUT2D eigenvalue weighted by atomic mass is 16.5. The van der Waals surface area contributed by atoms with Crippen molar-refractivity contribution in [1.29, 1.82) is 0 Å². The van der Waals surface area contributed by atoms with Crippen LogP contribution in [0.4, 0.5) is 0 Å². The summed E-state index contributed by atoms with van der Waals surface area (Å²) in [6.07, 6.45) is 6.78. The summed E-state index contributed by atoms with van der Waals surface area (Å²) in [7, 11) is 2.28. The fourth-order valence-electron chi connectivity index (χ4n) is 5.06. The topological polar surface area (TPSA) is 30.9 Å².